The lowest BCUT2D eigenvalue weighted by Gasteiger charge is -2.21. The molecule has 1 aliphatic rings. The van der Waals surface area contributed by atoms with Crippen LogP contribution in [0.5, 0.6) is 0 Å². The lowest BCUT2D eigenvalue weighted by atomic mass is 10.1. The van der Waals surface area contributed by atoms with Crippen molar-refractivity contribution in [2.24, 2.45) is 5.73 Å². The summed E-state index contributed by atoms with van der Waals surface area (Å²) in [6.07, 6.45) is 4.13. The average Bonchev–Trinajstić information content (AvgIpc) is 2.58. The van der Waals surface area contributed by atoms with Gasteiger partial charge in [0.05, 0.1) is 0 Å². The van der Waals surface area contributed by atoms with Gasteiger partial charge in [0.2, 0.25) is 0 Å². The van der Waals surface area contributed by atoms with Gasteiger partial charge in [-0.25, -0.2) is 4.98 Å². The Morgan fingerprint density at radius 3 is 3.00 bits per heavy atom. The van der Waals surface area contributed by atoms with Gasteiger partial charge in [-0.1, -0.05) is 6.07 Å². The lowest BCUT2D eigenvalue weighted by molar-refractivity contribution is 0.734. The molecule has 1 fully saturated rings. The Bertz CT molecular complexity index is 329. The van der Waals surface area contributed by atoms with Gasteiger partial charge in [0.25, 0.3) is 0 Å². The summed E-state index contributed by atoms with van der Waals surface area (Å²) in [4.78, 5) is 6.94. The molecule has 4 heteroatoms. The minimum atomic E-state index is 0.206. The van der Waals surface area contributed by atoms with Crippen molar-refractivity contribution in [2.45, 2.75) is 25.8 Å². The standard InChI is InChI=1S/C13H21N3S/c1-11(14)9-12-3-4-13(15-10-12)16-5-2-7-17-8-6-16/h3-4,10-11H,2,5-9,14H2,1H3. The van der Waals surface area contributed by atoms with E-state index in [-0.39, 0.29) is 6.04 Å². The van der Waals surface area contributed by atoms with E-state index >= 15 is 0 Å². The Morgan fingerprint density at radius 1 is 1.41 bits per heavy atom. The van der Waals surface area contributed by atoms with Crippen molar-refractivity contribution in [1.29, 1.82) is 0 Å². The first-order valence-corrected chi connectivity index (χ1v) is 7.44. The molecule has 0 aromatic carbocycles. The molecule has 1 aliphatic heterocycles. The van der Waals surface area contributed by atoms with Crippen molar-refractivity contribution >= 4 is 17.6 Å². The van der Waals surface area contributed by atoms with E-state index in [9.17, 15) is 0 Å². The zero-order valence-electron chi connectivity index (χ0n) is 10.4. The van der Waals surface area contributed by atoms with Crippen LogP contribution in [0.15, 0.2) is 18.3 Å². The molecule has 2 N–H and O–H groups in total. The van der Waals surface area contributed by atoms with Gasteiger partial charge in [-0.2, -0.15) is 11.8 Å². The summed E-state index contributed by atoms with van der Waals surface area (Å²) in [6.45, 7) is 4.27. The maximum atomic E-state index is 5.78. The first-order chi connectivity index (χ1) is 8.25. The van der Waals surface area contributed by atoms with Crippen LogP contribution >= 0.6 is 11.8 Å². The van der Waals surface area contributed by atoms with Crippen LogP contribution in [0.3, 0.4) is 0 Å². The predicted octanol–water partition coefficient (Wildman–Crippen LogP) is 1.91. The van der Waals surface area contributed by atoms with Crippen molar-refractivity contribution in [3.05, 3.63) is 23.9 Å². The van der Waals surface area contributed by atoms with Crippen LogP contribution in [0.1, 0.15) is 18.9 Å². The molecule has 94 valence electrons. The van der Waals surface area contributed by atoms with Crippen LogP contribution in [0.25, 0.3) is 0 Å². The maximum absolute atomic E-state index is 5.78. The zero-order valence-corrected chi connectivity index (χ0v) is 11.2. The van der Waals surface area contributed by atoms with E-state index in [1.165, 1.54) is 23.5 Å². The Kier molecular flexibility index (Phi) is 4.68. The van der Waals surface area contributed by atoms with E-state index in [4.69, 9.17) is 5.73 Å². The molecule has 17 heavy (non-hydrogen) atoms. The summed E-state index contributed by atoms with van der Waals surface area (Å²) in [7, 11) is 0. The molecule has 0 saturated carbocycles. The van der Waals surface area contributed by atoms with Crippen LogP contribution in [0.2, 0.25) is 0 Å². The first-order valence-electron chi connectivity index (χ1n) is 6.29. The van der Waals surface area contributed by atoms with Gasteiger partial charge in [0.15, 0.2) is 0 Å². The Morgan fingerprint density at radius 2 is 2.29 bits per heavy atom. The summed E-state index contributed by atoms with van der Waals surface area (Å²) in [5.41, 5.74) is 7.01. The molecule has 0 bridgehead atoms. The number of aromatic nitrogens is 1. The highest BCUT2D eigenvalue weighted by Gasteiger charge is 2.10. The van der Waals surface area contributed by atoms with Crippen LogP contribution in [0.4, 0.5) is 5.82 Å². The van der Waals surface area contributed by atoms with Gasteiger partial charge in [-0.05, 0) is 37.1 Å². The Balaban J connectivity index is 2.00. The number of hydrogen-bond donors (Lipinski definition) is 1. The van der Waals surface area contributed by atoms with Crippen LogP contribution in [0, 0.1) is 0 Å². The van der Waals surface area contributed by atoms with Crippen molar-refractivity contribution in [1.82, 2.24) is 4.98 Å². The molecular weight excluding hydrogens is 230 g/mol. The van der Waals surface area contributed by atoms with Crippen molar-refractivity contribution in [3.63, 3.8) is 0 Å². The van der Waals surface area contributed by atoms with Gasteiger partial charge in [0.1, 0.15) is 5.82 Å². The van der Waals surface area contributed by atoms with Crippen molar-refractivity contribution in [3.8, 4) is 0 Å². The van der Waals surface area contributed by atoms with Gasteiger partial charge >= 0.3 is 0 Å². The van der Waals surface area contributed by atoms with Gasteiger partial charge in [-0.15, -0.1) is 0 Å². The summed E-state index contributed by atoms with van der Waals surface area (Å²) >= 11 is 2.04. The quantitative estimate of drug-likeness (QED) is 0.891. The smallest absolute Gasteiger partial charge is 0.128 e. The fraction of sp³-hybridized carbons (Fsp3) is 0.615. The van der Waals surface area contributed by atoms with E-state index in [1.54, 1.807) is 0 Å². The van der Waals surface area contributed by atoms with E-state index < -0.39 is 0 Å². The monoisotopic (exact) mass is 251 g/mol. The van der Waals surface area contributed by atoms with E-state index in [0.717, 1.165) is 25.3 Å². The van der Waals surface area contributed by atoms with Crippen LogP contribution in [-0.2, 0) is 6.42 Å². The molecule has 1 saturated heterocycles. The molecule has 1 aromatic rings. The third-order valence-corrected chi connectivity index (χ3v) is 3.96. The fourth-order valence-electron chi connectivity index (χ4n) is 2.07. The summed E-state index contributed by atoms with van der Waals surface area (Å²) < 4.78 is 0. The van der Waals surface area contributed by atoms with E-state index in [1.807, 2.05) is 24.9 Å². The van der Waals surface area contributed by atoms with E-state index in [2.05, 4.69) is 22.0 Å². The third-order valence-electron chi connectivity index (χ3n) is 2.91. The second-order valence-electron chi connectivity index (χ2n) is 4.66. The summed E-state index contributed by atoms with van der Waals surface area (Å²) in [5.74, 6) is 3.60. The van der Waals surface area contributed by atoms with E-state index in [0.29, 0.717) is 0 Å². The molecule has 1 aromatic heterocycles. The minimum Gasteiger partial charge on any atom is -0.356 e. The largest absolute Gasteiger partial charge is 0.356 e. The zero-order chi connectivity index (χ0) is 12.1. The Hall–Kier alpha value is -0.740. The van der Waals surface area contributed by atoms with Gasteiger partial charge in [-0.3, -0.25) is 0 Å². The predicted molar refractivity (Wildman–Crippen MR) is 75.7 cm³/mol. The highest BCUT2D eigenvalue weighted by Crippen LogP contribution is 2.17. The lowest BCUT2D eigenvalue weighted by Crippen LogP contribution is -2.26. The molecule has 0 spiro atoms. The Labute approximate surface area is 108 Å². The number of anilines is 1. The number of thioether (sulfide) groups is 1. The van der Waals surface area contributed by atoms with Crippen LogP contribution in [-0.4, -0.2) is 35.6 Å². The molecular formula is C13H21N3S. The number of nitrogens with zero attached hydrogens (tertiary/aromatic N) is 2. The second kappa shape index (κ2) is 6.26. The fourth-order valence-corrected chi connectivity index (χ4v) is 2.96. The first kappa shape index (κ1) is 12.7. The molecule has 0 amide bonds. The number of nitrogens with two attached hydrogens (primary N) is 1. The van der Waals surface area contributed by atoms with Crippen LogP contribution < -0.4 is 10.6 Å². The summed E-state index contributed by atoms with van der Waals surface area (Å²) in [6, 6.07) is 4.49. The highest BCUT2D eigenvalue weighted by atomic mass is 32.2. The topological polar surface area (TPSA) is 42.1 Å². The molecule has 1 atom stereocenters. The summed E-state index contributed by atoms with van der Waals surface area (Å²) in [5, 5.41) is 0. The van der Waals surface area contributed by atoms with Gasteiger partial charge in [0, 0.05) is 31.1 Å². The number of rotatable bonds is 3. The maximum Gasteiger partial charge on any atom is 0.128 e. The third kappa shape index (κ3) is 3.89. The minimum absolute atomic E-state index is 0.206. The normalized spacial score (nSPS) is 18.8. The molecule has 3 nitrogen and oxygen atoms in total. The molecule has 0 aliphatic carbocycles. The molecule has 0 radical (unpaired) electrons. The SMILES string of the molecule is CC(N)Cc1ccc(N2CCCSCC2)nc1. The molecule has 1 unspecified atom stereocenters. The van der Waals surface area contributed by atoms with Gasteiger partial charge < -0.3 is 10.6 Å². The second-order valence-corrected chi connectivity index (χ2v) is 5.88. The van der Waals surface area contributed by atoms with Crippen molar-refractivity contribution in [2.75, 3.05) is 29.5 Å². The highest BCUT2D eigenvalue weighted by molar-refractivity contribution is 7.99. The number of pyridine rings is 1. The number of hydrogen-bond acceptors (Lipinski definition) is 4. The molecule has 2 rings (SSSR count). The van der Waals surface area contributed by atoms with Crippen molar-refractivity contribution < 1.29 is 0 Å². The average molecular weight is 251 g/mol. The molecule has 2 heterocycles.